The van der Waals surface area contributed by atoms with E-state index < -0.39 is 288 Å². The number of hydrogen-bond donors (Lipinski definition) is 16. The maximum Gasteiger partial charge on any atom is 0.191 e. The van der Waals surface area contributed by atoms with E-state index in [0.29, 0.717) is 57.5 Å². The first-order valence-corrected chi connectivity index (χ1v) is 47.9. The van der Waals surface area contributed by atoms with Gasteiger partial charge in [0.1, 0.15) is 72.1 Å². The molecule has 0 saturated heterocycles. The number of nitrogens with one attached hydrogen (secondary N) is 4. The summed E-state index contributed by atoms with van der Waals surface area (Å²) in [6, 6.07) is 6.29. The molecule has 0 radical (unpaired) electrons. The minimum atomic E-state index is -3.47. The largest absolute Gasteiger partial charge is 0.394 e. The number of rotatable bonds is 40. The standard InChI is InChI=1S/4C24H31FN6O4S/c4*1-3-8-36-24-27-22(26-16-10-14(16)13-5-4-12(2)15(25)9-13)19-23(28-24)31(30-29-19)17-11-18(35-7-6-32)21(34)20(17)33/h4*4-5,9,14,16-18,20-21,32-34H,3,6-8,10-11H2,1-2H3,(H,26,27,28)/t4*14-,16+,17+,18-,20-,21+/m0000/s1/i3D2,6D2,7D2,8D2,10D2,14D;3D2,7D2,8D2,10D2,14D;3D2,6D2,8D2,10D2,14D;3D2,8D2,10D2,14D. The molecule has 0 aliphatic heterocycles. The molecule has 8 fully saturated rings. The highest BCUT2D eigenvalue weighted by molar-refractivity contribution is 7.99. The van der Waals surface area contributed by atoms with E-state index in [0.717, 1.165) is 66.0 Å². The molecule has 776 valence electrons. The number of ether oxygens (including phenoxy) is 4. The first-order valence-electron chi connectivity index (χ1n) is 62.6. The molecule has 0 unspecified atom stereocenters. The van der Waals surface area contributed by atoms with Crippen molar-refractivity contribution >= 4 is 115 Å². The van der Waals surface area contributed by atoms with Crippen LogP contribution in [-0.4, -0.2) is 334 Å². The summed E-state index contributed by atoms with van der Waals surface area (Å²) < 4.78 is 376. The van der Waals surface area contributed by atoms with E-state index in [9.17, 15) is 73.7 Å². The van der Waals surface area contributed by atoms with E-state index >= 15 is 0 Å². The molecule has 8 aliphatic rings. The maximum atomic E-state index is 14.4. The Morgan fingerprint density at radius 2 is 0.611 bits per heavy atom. The van der Waals surface area contributed by atoms with Crippen molar-refractivity contribution in [3.8, 4) is 0 Å². The molecule has 12 aromatic rings. The van der Waals surface area contributed by atoms with Gasteiger partial charge in [0.2, 0.25) is 0 Å². The van der Waals surface area contributed by atoms with Gasteiger partial charge >= 0.3 is 0 Å². The third-order valence-electron chi connectivity index (χ3n) is 24.3. The van der Waals surface area contributed by atoms with Crippen molar-refractivity contribution < 1.29 is 147 Å². The van der Waals surface area contributed by atoms with Gasteiger partial charge in [-0.15, -0.1) is 20.4 Å². The van der Waals surface area contributed by atoms with Gasteiger partial charge in [0, 0.05) is 135 Å². The number of nitrogens with zero attached hydrogens (tertiary/aromatic N) is 20. The van der Waals surface area contributed by atoms with Crippen LogP contribution in [0.4, 0.5) is 40.8 Å². The molecule has 16 N–H and O–H groups in total. The summed E-state index contributed by atoms with van der Waals surface area (Å²) in [4.78, 5) is 34.3. The fraction of sp³-hybridized carbons (Fsp3) is 0.583. The lowest BCUT2D eigenvalue weighted by atomic mass is 10.1. The van der Waals surface area contributed by atoms with Crippen molar-refractivity contribution in [3.63, 3.8) is 0 Å². The quantitative estimate of drug-likeness (QED) is 0.00969. The molecule has 0 spiro atoms. The van der Waals surface area contributed by atoms with Crippen molar-refractivity contribution in [2.45, 2.75) is 298 Å². The van der Waals surface area contributed by atoms with Crippen LogP contribution in [0.15, 0.2) is 93.4 Å². The molecule has 40 nitrogen and oxygen atoms in total. The third-order valence-corrected chi connectivity index (χ3v) is 26.9. The van der Waals surface area contributed by atoms with Crippen molar-refractivity contribution in [1.82, 2.24) is 99.8 Å². The van der Waals surface area contributed by atoms with Crippen LogP contribution in [0.2, 0.25) is 0 Å². The fourth-order valence-electron chi connectivity index (χ4n) is 16.6. The summed E-state index contributed by atoms with van der Waals surface area (Å²) in [5, 5.41) is 165. The van der Waals surface area contributed by atoms with E-state index in [-0.39, 0.29) is 155 Å². The molecule has 144 heavy (non-hydrogen) atoms. The van der Waals surface area contributed by atoms with E-state index in [4.69, 9.17) is 73.4 Å². The van der Waals surface area contributed by atoms with Gasteiger partial charge in [0.05, 0.1) is 112 Å². The summed E-state index contributed by atoms with van der Waals surface area (Å²) in [6.07, 6.45) is -36.4. The zero-order valence-electron chi connectivity index (χ0n) is 113. The Morgan fingerprint density at radius 3 is 0.847 bits per heavy atom. The number of fused-ring (bicyclic) bond motifs is 4. The number of hydrogen-bond acceptors (Lipinski definition) is 40. The molecule has 20 rings (SSSR count). The lowest BCUT2D eigenvalue weighted by Gasteiger charge is -2.17. The van der Waals surface area contributed by atoms with Gasteiger partial charge in [-0.2, -0.15) is 0 Å². The third kappa shape index (κ3) is 23.8. The highest BCUT2D eigenvalue weighted by atomic mass is 32.2. The number of aryl methyl sites for hydroxylation is 4. The molecular weight excluding hydrogens is 1950 g/mol. The number of thioether (sulfide) groups is 4. The molecular formula is C96H124F4N24O16S4. The smallest absolute Gasteiger partial charge is 0.191 e. The molecule has 8 aliphatic carbocycles. The minimum absolute atomic E-state index is 0.0222. The lowest BCUT2D eigenvalue weighted by molar-refractivity contribution is -0.0629. The Hall–Kier alpha value is -9.52. The van der Waals surface area contributed by atoms with Gasteiger partial charge in [-0.05, 0) is 147 Å². The Morgan fingerprint density at radius 1 is 0.354 bits per heavy atom. The van der Waals surface area contributed by atoms with Crippen molar-refractivity contribution in [3.05, 3.63) is 141 Å². The zero-order chi connectivity index (χ0) is 134. The summed E-state index contributed by atoms with van der Waals surface area (Å²) in [5.41, 5.74) is -9.63. The SMILES string of the molecule is [2H]C([2H])(C)C([2H])([2H])Sc1nc(N[C@@H]2C([2H])([2H])[C@@]2([2H])c2ccc(C)c(F)c2)c2nnn([C@@H]3C[C@H](OC([2H])([2H])C([2H])([2H])O)[C@@H](O)[C@H]3O)c2n1.[2H]C([2H])(C)C([2H])([2H])Sc1nc(N[C@@H]2C([2H])([2H])[C@@]2([2H])c2ccc(C)c(F)c2)c2nnn([C@@H]3C[C@H](OCCO)[C@@H](O)[C@H]3O)c2n1.[2H]C([2H])(CO)O[C@H]1C[C@@H](n2nnc3c(N[C@@H]4C([2H])([2H])[C@@]4([2H])c4ccc(C)c(F)c4)nc(SC([2H])([2H])C([2H])([2H])C)nc32)[C@H](O)[C@@H]1O.[2H]C([2H])(O)CO[C@H]1C[C@@H](n2nnc3c(N[C@@H]4C([2H])([2H])[C@@]4([2H])c4ccc(C)c(F)c4)nc(SC([2H])([2H])C([2H])([2H])C)nc32)[C@H](O)[C@@H]1O. The van der Waals surface area contributed by atoms with Gasteiger partial charge < -0.3 is 101 Å². The van der Waals surface area contributed by atoms with Gasteiger partial charge in [0.25, 0.3) is 0 Å². The second-order valence-electron chi connectivity index (χ2n) is 33.6. The van der Waals surface area contributed by atoms with Crippen LogP contribution in [0.3, 0.4) is 0 Å². The molecule has 0 bridgehead atoms. The Labute approximate surface area is 894 Å². The Balaban J connectivity index is 0.000000158. The molecule has 24 atom stereocenters. The molecule has 48 heteroatoms. The van der Waals surface area contributed by atoms with Crippen molar-refractivity contribution in [2.24, 2.45) is 0 Å². The van der Waals surface area contributed by atoms with Crippen LogP contribution in [0.25, 0.3) is 44.7 Å². The number of benzene rings is 4. The minimum Gasteiger partial charge on any atom is -0.394 e. The molecule has 4 aromatic carbocycles. The van der Waals surface area contributed by atoms with E-state index in [1.165, 1.54) is 74.0 Å². The predicted molar refractivity (Wildman–Crippen MR) is 530 cm³/mol. The second kappa shape index (κ2) is 47.3. The van der Waals surface area contributed by atoms with Crippen LogP contribution >= 0.6 is 47.0 Å². The average molecular weight is 2110 g/mol. The zero-order valence-corrected chi connectivity index (χ0v) is 80.5. The number of halogens is 4. The summed E-state index contributed by atoms with van der Waals surface area (Å²) in [7, 11) is 0. The van der Waals surface area contributed by atoms with Gasteiger partial charge in [-0.1, -0.05) is 144 Å². The van der Waals surface area contributed by atoms with Crippen LogP contribution in [0.1, 0.15) is 246 Å². The van der Waals surface area contributed by atoms with Crippen LogP contribution in [0, 0.1) is 51.0 Å². The number of aliphatic hydroxyl groups excluding tert-OH is 10. The van der Waals surface area contributed by atoms with Gasteiger partial charge in [-0.25, -0.2) is 76.2 Å². The van der Waals surface area contributed by atoms with Crippen molar-refractivity contribution in [2.75, 3.05) is 96.8 Å². The van der Waals surface area contributed by atoms with E-state index in [1.807, 2.05) is 0 Å². The van der Waals surface area contributed by atoms with Crippen LogP contribution in [-0.2, 0) is 18.9 Å². The number of aliphatic hydroxyl groups is 12. The second-order valence-corrected chi connectivity index (χ2v) is 36.7. The lowest BCUT2D eigenvalue weighted by Crippen LogP contribution is -2.33. The topological polar surface area (TPSA) is 554 Å². The monoisotopic (exact) mass is 2110 g/mol. The maximum absolute atomic E-state index is 14.4. The van der Waals surface area contributed by atoms with Crippen molar-refractivity contribution in [1.29, 1.82) is 0 Å². The number of anilines is 4. The van der Waals surface area contributed by atoms with Crippen LogP contribution < -0.4 is 21.3 Å². The number of aromatic nitrogens is 20. The molecule has 8 aromatic heterocycles. The highest BCUT2D eigenvalue weighted by Crippen LogP contribution is 2.50. The van der Waals surface area contributed by atoms with Crippen LogP contribution in [0.5, 0.6) is 0 Å². The van der Waals surface area contributed by atoms with E-state index in [2.05, 4.69) is 102 Å². The Bertz CT molecular complexity index is 8320. The Kier molecular flexibility index (Phi) is 22.6. The van der Waals surface area contributed by atoms with E-state index in [1.54, 1.807) is 6.92 Å². The molecule has 8 heterocycles. The summed E-state index contributed by atoms with van der Waals surface area (Å²) >= 11 is 1.29. The molecule has 0 amide bonds. The summed E-state index contributed by atoms with van der Waals surface area (Å²) in [6.45, 7) is -3.92. The molecule has 8 saturated carbocycles. The average Bonchev–Trinajstić information content (AvgIpc) is 1.52. The van der Waals surface area contributed by atoms with Gasteiger partial charge in [0.15, 0.2) is 88.6 Å². The first kappa shape index (κ1) is 68.9. The summed E-state index contributed by atoms with van der Waals surface area (Å²) in [5.74, 6) is -11.1. The first-order chi connectivity index (χ1) is 82.5. The fourth-order valence-corrected chi connectivity index (χ4v) is 18.4. The van der Waals surface area contributed by atoms with Gasteiger partial charge in [-0.3, -0.25) is 0 Å². The predicted octanol–water partition coefficient (Wildman–Crippen LogP) is 8.73. The normalized spacial score (nSPS) is 35.9. The highest BCUT2D eigenvalue weighted by Gasteiger charge is 2.51.